The molecule has 1 amide bonds. The molecule has 0 aliphatic carbocycles. The minimum Gasteiger partial charge on any atom is -0.426 e. The molecule has 0 bridgehead atoms. The molecule has 2 aromatic rings. The van der Waals surface area contributed by atoms with E-state index in [0.29, 0.717) is 17.3 Å². The molecule has 4 nitrogen and oxygen atoms in total. The van der Waals surface area contributed by atoms with Crippen LogP contribution in [0.5, 0.6) is 5.75 Å². The van der Waals surface area contributed by atoms with E-state index in [0.717, 1.165) is 10.2 Å². The van der Waals surface area contributed by atoms with Crippen LogP contribution in [0.1, 0.15) is 6.42 Å². The van der Waals surface area contributed by atoms with Gasteiger partial charge < -0.3 is 9.64 Å². The third-order valence-corrected chi connectivity index (χ3v) is 4.41. The van der Waals surface area contributed by atoms with E-state index in [9.17, 15) is 9.59 Å². The molecule has 0 spiro atoms. The van der Waals surface area contributed by atoms with E-state index in [1.807, 2.05) is 0 Å². The second-order valence-corrected chi connectivity index (χ2v) is 6.61. The van der Waals surface area contributed by atoms with Gasteiger partial charge in [-0.05, 0) is 48.5 Å². The topological polar surface area (TPSA) is 46.6 Å². The Hall–Kier alpha value is -1.85. The van der Waals surface area contributed by atoms with Crippen LogP contribution in [0.15, 0.2) is 53.0 Å². The summed E-state index contributed by atoms with van der Waals surface area (Å²) in [7, 11) is 0. The van der Waals surface area contributed by atoms with Crippen LogP contribution in [0.2, 0.25) is 5.02 Å². The van der Waals surface area contributed by atoms with Gasteiger partial charge in [-0.15, -0.1) is 0 Å². The first-order valence-corrected chi connectivity index (χ1v) is 8.23. The number of amides is 1. The van der Waals surface area contributed by atoms with Gasteiger partial charge in [-0.3, -0.25) is 9.59 Å². The number of carbonyl (C=O) groups is 2. The van der Waals surface area contributed by atoms with Gasteiger partial charge in [-0.1, -0.05) is 27.5 Å². The van der Waals surface area contributed by atoms with Crippen molar-refractivity contribution in [2.24, 2.45) is 5.92 Å². The summed E-state index contributed by atoms with van der Waals surface area (Å²) in [5.74, 6) is -0.486. The van der Waals surface area contributed by atoms with Crippen LogP contribution in [-0.2, 0) is 9.59 Å². The number of carbonyl (C=O) groups excluding carboxylic acids is 2. The van der Waals surface area contributed by atoms with Crippen LogP contribution in [0.4, 0.5) is 5.69 Å². The van der Waals surface area contributed by atoms with Crippen molar-refractivity contribution in [3.05, 3.63) is 58.0 Å². The van der Waals surface area contributed by atoms with Crippen molar-refractivity contribution < 1.29 is 14.3 Å². The molecule has 1 aliphatic heterocycles. The Kier molecular flexibility index (Phi) is 4.68. The van der Waals surface area contributed by atoms with Crippen LogP contribution < -0.4 is 9.64 Å². The van der Waals surface area contributed by atoms with E-state index in [1.54, 1.807) is 53.4 Å². The molecule has 0 radical (unpaired) electrons. The van der Waals surface area contributed by atoms with E-state index < -0.39 is 11.9 Å². The second kappa shape index (κ2) is 6.72. The van der Waals surface area contributed by atoms with Gasteiger partial charge in [-0.2, -0.15) is 0 Å². The lowest BCUT2D eigenvalue weighted by molar-refractivity contribution is -0.139. The highest BCUT2D eigenvalue weighted by Crippen LogP contribution is 2.27. The average Bonchev–Trinajstić information content (AvgIpc) is 2.92. The zero-order chi connectivity index (χ0) is 16.4. The summed E-state index contributed by atoms with van der Waals surface area (Å²) in [6.45, 7) is 0.315. The van der Waals surface area contributed by atoms with E-state index in [2.05, 4.69) is 15.9 Å². The maximum Gasteiger partial charge on any atom is 0.316 e. The fourth-order valence-electron chi connectivity index (χ4n) is 2.44. The SMILES string of the molecule is O=C(Oc1ccc(Br)cc1)[C@@H]1CC(=O)N(c2ccc(Cl)cc2)C1. The van der Waals surface area contributed by atoms with Crippen LogP contribution >= 0.6 is 27.5 Å². The van der Waals surface area contributed by atoms with Crippen LogP contribution in [-0.4, -0.2) is 18.4 Å². The zero-order valence-corrected chi connectivity index (χ0v) is 14.4. The zero-order valence-electron chi connectivity index (χ0n) is 12.0. The molecule has 3 rings (SSSR count). The van der Waals surface area contributed by atoms with Crippen molar-refractivity contribution in [1.82, 2.24) is 0 Å². The average molecular weight is 395 g/mol. The monoisotopic (exact) mass is 393 g/mol. The number of esters is 1. The number of hydrogen-bond donors (Lipinski definition) is 0. The normalized spacial score (nSPS) is 17.4. The van der Waals surface area contributed by atoms with Crippen molar-refractivity contribution in [3.8, 4) is 5.75 Å². The first-order chi connectivity index (χ1) is 11.0. The molecular formula is C17H13BrClNO3. The predicted molar refractivity (Wildman–Crippen MR) is 91.7 cm³/mol. The summed E-state index contributed by atoms with van der Waals surface area (Å²) in [4.78, 5) is 26.0. The number of hydrogen-bond acceptors (Lipinski definition) is 3. The van der Waals surface area contributed by atoms with Gasteiger partial charge in [-0.25, -0.2) is 0 Å². The Balaban J connectivity index is 1.68. The predicted octanol–water partition coefficient (Wildman–Crippen LogP) is 4.06. The van der Waals surface area contributed by atoms with Crippen molar-refractivity contribution in [2.75, 3.05) is 11.4 Å². The lowest BCUT2D eigenvalue weighted by Crippen LogP contribution is -2.27. The molecule has 0 saturated carbocycles. The number of anilines is 1. The van der Waals surface area contributed by atoms with Crippen molar-refractivity contribution in [2.45, 2.75) is 6.42 Å². The summed E-state index contributed by atoms with van der Waals surface area (Å²) in [6.07, 6.45) is 0.151. The number of nitrogens with zero attached hydrogens (tertiary/aromatic N) is 1. The molecule has 1 heterocycles. The molecule has 0 N–H and O–H groups in total. The van der Waals surface area contributed by atoms with Gasteiger partial charge in [0.25, 0.3) is 0 Å². The Labute approximate surface area is 147 Å². The quantitative estimate of drug-likeness (QED) is 0.582. The Bertz CT molecular complexity index is 731. The summed E-state index contributed by atoms with van der Waals surface area (Å²) in [5, 5.41) is 0.603. The maximum atomic E-state index is 12.2. The second-order valence-electron chi connectivity index (χ2n) is 5.26. The Morgan fingerprint density at radius 1 is 1.13 bits per heavy atom. The summed E-state index contributed by atoms with van der Waals surface area (Å²) in [5.41, 5.74) is 0.735. The molecule has 2 aromatic carbocycles. The number of ether oxygens (including phenoxy) is 1. The van der Waals surface area contributed by atoms with Gasteiger partial charge in [0.2, 0.25) is 5.91 Å². The first-order valence-electron chi connectivity index (χ1n) is 7.06. The van der Waals surface area contributed by atoms with Crippen molar-refractivity contribution in [1.29, 1.82) is 0 Å². The van der Waals surface area contributed by atoms with E-state index >= 15 is 0 Å². The molecule has 118 valence electrons. The first kappa shape index (κ1) is 16.0. The number of benzene rings is 2. The molecule has 1 atom stereocenters. The molecule has 1 aliphatic rings. The summed E-state index contributed by atoms with van der Waals surface area (Å²) in [6, 6.07) is 14.0. The molecule has 1 fully saturated rings. The summed E-state index contributed by atoms with van der Waals surface area (Å²) >= 11 is 9.18. The third kappa shape index (κ3) is 3.74. The van der Waals surface area contributed by atoms with Crippen LogP contribution in [0.25, 0.3) is 0 Å². The standard InChI is InChI=1S/C17H13BrClNO3/c18-12-1-7-15(8-2-12)23-17(22)11-9-16(21)20(10-11)14-5-3-13(19)4-6-14/h1-8,11H,9-10H2/t11-/m1/s1. The fraction of sp³-hybridized carbons (Fsp3) is 0.176. The highest BCUT2D eigenvalue weighted by Gasteiger charge is 2.36. The molecule has 23 heavy (non-hydrogen) atoms. The van der Waals surface area contributed by atoms with Gasteiger partial charge >= 0.3 is 5.97 Å². The maximum absolute atomic E-state index is 12.2. The van der Waals surface area contributed by atoms with Crippen LogP contribution in [0, 0.1) is 5.92 Å². The molecule has 6 heteroatoms. The Morgan fingerprint density at radius 2 is 1.78 bits per heavy atom. The van der Waals surface area contributed by atoms with E-state index in [-0.39, 0.29) is 12.3 Å². The highest BCUT2D eigenvalue weighted by atomic mass is 79.9. The fourth-order valence-corrected chi connectivity index (χ4v) is 2.83. The largest absolute Gasteiger partial charge is 0.426 e. The third-order valence-electron chi connectivity index (χ3n) is 3.63. The van der Waals surface area contributed by atoms with Gasteiger partial charge in [0.05, 0.1) is 5.92 Å². The number of rotatable bonds is 3. The minimum atomic E-state index is -0.471. The highest BCUT2D eigenvalue weighted by molar-refractivity contribution is 9.10. The minimum absolute atomic E-state index is 0.0925. The molecular weight excluding hydrogens is 382 g/mol. The van der Waals surface area contributed by atoms with E-state index in [4.69, 9.17) is 16.3 Å². The lowest BCUT2D eigenvalue weighted by atomic mass is 10.1. The van der Waals surface area contributed by atoms with E-state index in [1.165, 1.54) is 0 Å². The Morgan fingerprint density at radius 3 is 2.43 bits per heavy atom. The van der Waals surface area contributed by atoms with Gasteiger partial charge in [0.15, 0.2) is 0 Å². The van der Waals surface area contributed by atoms with Gasteiger partial charge in [0.1, 0.15) is 5.75 Å². The van der Waals surface area contributed by atoms with Crippen molar-refractivity contribution in [3.63, 3.8) is 0 Å². The van der Waals surface area contributed by atoms with Crippen LogP contribution in [0.3, 0.4) is 0 Å². The molecule has 1 saturated heterocycles. The smallest absolute Gasteiger partial charge is 0.316 e. The van der Waals surface area contributed by atoms with Crippen molar-refractivity contribution >= 4 is 45.1 Å². The summed E-state index contributed by atoms with van der Waals surface area (Å²) < 4.78 is 6.25. The molecule has 0 unspecified atom stereocenters. The lowest BCUT2D eigenvalue weighted by Gasteiger charge is -2.16. The molecule has 0 aromatic heterocycles. The number of halogens is 2. The van der Waals surface area contributed by atoms with Gasteiger partial charge in [0, 0.05) is 28.1 Å².